The Bertz CT molecular complexity index is 122. The molecule has 0 aliphatic heterocycles. The SMILES string of the molecule is CCCC(C)CC(C)(CBr)CCC. The van der Waals surface area contributed by atoms with Crippen LogP contribution in [0.25, 0.3) is 0 Å². The first kappa shape index (κ1) is 13.5. The van der Waals surface area contributed by atoms with Gasteiger partial charge in [0, 0.05) is 5.33 Å². The minimum atomic E-state index is 0.531. The van der Waals surface area contributed by atoms with Crippen molar-refractivity contribution in [2.24, 2.45) is 11.3 Å². The lowest BCUT2D eigenvalue weighted by molar-refractivity contribution is 0.255. The van der Waals surface area contributed by atoms with Crippen LogP contribution >= 0.6 is 15.9 Å². The van der Waals surface area contributed by atoms with Crippen molar-refractivity contribution in [1.82, 2.24) is 0 Å². The third-order valence-corrected chi connectivity index (χ3v) is 4.15. The molecule has 0 bridgehead atoms. The molecule has 0 saturated carbocycles. The van der Waals surface area contributed by atoms with Crippen LogP contribution in [0.1, 0.15) is 59.8 Å². The summed E-state index contributed by atoms with van der Waals surface area (Å²) in [5.41, 5.74) is 0.531. The molecule has 2 unspecified atom stereocenters. The number of hydrogen-bond donors (Lipinski definition) is 0. The van der Waals surface area contributed by atoms with Crippen molar-refractivity contribution in [1.29, 1.82) is 0 Å². The molecule has 0 saturated heterocycles. The summed E-state index contributed by atoms with van der Waals surface area (Å²) in [6, 6.07) is 0. The van der Waals surface area contributed by atoms with Crippen LogP contribution in [0.2, 0.25) is 0 Å². The first-order valence-electron chi connectivity index (χ1n) is 5.64. The average molecular weight is 249 g/mol. The zero-order valence-electron chi connectivity index (χ0n) is 9.70. The second-order valence-corrected chi connectivity index (χ2v) is 5.35. The molecule has 0 spiro atoms. The maximum absolute atomic E-state index is 3.65. The Balaban J connectivity index is 3.93. The van der Waals surface area contributed by atoms with Crippen molar-refractivity contribution in [2.75, 3.05) is 5.33 Å². The summed E-state index contributed by atoms with van der Waals surface area (Å²) in [6.45, 7) is 9.37. The second kappa shape index (κ2) is 6.86. The van der Waals surface area contributed by atoms with Crippen molar-refractivity contribution in [3.63, 3.8) is 0 Å². The van der Waals surface area contributed by atoms with Gasteiger partial charge in [0.25, 0.3) is 0 Å². The average Bonchev–Trinajstić information content (AvgIpc) is 2.05. The topological polar surface area (TPSA) is 0 Å². The van der Waals surface area contributed by atoms with E-state index in [2.05, 4.69) is 43.6 Å². The summed E-state index contributed by atoms with van der Waals surface area (Å²) in [5.74, 6) is 0.888. The molecule has 0 rings (SSSR count). The van der Waals surface area contributed by atoms with Crippen molar-refractivity contribution >= 4 is 15.9 Å². The fourth-order valence-corrected chi connectivity index (χ4v) is 2.77. The fraction of sp³-hybridized carbons (Fsp3) is 1.00. The predicted molar refractivity (Wildman–Crippen MR) is 65.5 cm³/mol. The molecule has 0 radical (unpaired) electrons. The largest absolute Gasteiger partial charge is 0.0922 e. The maximum atomic E-state index is 3.65. The molecule has 13 heavy (non-hydrogen) atoms. The molecule has 80 valence electrons. The second-order valence-electron chi connectivity index (χ2n) is 4.79. The van der Waals surface area contributed by atoms with Gasteiger partial charge in [-0.3, -0.25) is 0 Å². The van der Waals surface area contributed by atoms with Gasteiger partial charge in [-0.25, -0.2) is 0 Å². The van der Waals surface area contributed by atoms with Crippen LogP contribution < -0.4 is 0 Å². The van der Waals surface area contributed by atoms with Gasteiger partial charge in [-0.15, -0.1) is 0 Å². The molecule has 0 heterocycles. The fourth-order valence-electron chi connectivity index (χ4n) is 2.26. The monoisotopic (exact) mass is 248 g/mol. The van der Waals surface area contributed by atoms with E-state index < -0.39 is 0 Å². The summed E-state index contributed by atoms with van der Waals surface area (Å²) in [7, 11) is 0. The standard InChI is InChI=1S/C12H25Br/c1-5-7-11(3)9-12(4,10-13)8-6-2/h11H,5-10H2,1-4H3. The van der Waals surface area contributed by atoms with Crippen LogP contribution in [0.3, 0.4) is 0 Å². The van der Waals surface area contributed by atoms with Crippen molar-refractivity contribution in [3.05, 3.63) is 0 Å². The minimum Gasteiger partial charge on any atom is -0.0922 e. The van der Waals surface area contributed by atoms with Gasteiger partial charge < -0.3 is 0 Å². The summed E-state index contributed by atoms with van der Waals surface area (Å²) in [6.07, 6.45) is 6.74. The molecule has 2 atom stereocenters. The molecule has 0 aromatic rings. The normalized spacial score (nSPS) is 18.2. The number of halogens is 1. The van der Waals surface area contributed by atoms with Gasteiger partial charge in [0.15, 0.2) is 0 Å². The van der Waals surface area contributed by atoms with E-state index in [1.807, 2.05) is 0 Å². The van der Waals surface area contributed by atoms with Crippen LogP contribution in [0.4, 0.5) is 0 Å². The highest BCUT2D eigenvalue weighted by Crippen LogP contribution is 2.34. The van der Waals surface area contributed by atoms with E-state index in [4.69, 9.17) is 0 Å². The van der Waals surface area contributed by atoms with E-state index in [0.29, 0.717) is 5.41 Å². The molecule has 0 aliphatic carbocycles. The minimum absolute atomic E-state index is 0.531. The Hall–Kier alpha value is 0.480. The quantitative estimate of drug-likeness (QED) is 0.556. The zero-order chi connectivity index (χ0) is 10.3. The van der Waals surface area contributed by atoms with E-state index in [0.717, 1.165) is 11.2 Å². The highest BCUT2D eigenvalue weighted by Gasteiger charge is 2.23. The molecule has 0 amide bonds. The van der Waals surface area contributed by atoms with Crippen LogP contribution in [-0.4, -0.2) is 5.33 Å². The predicted octanol–water partition coefficient (Wildman–Crippen LogP) is 5.01. The first-order chi connectivity index (χ1) is 6.08. The highest BCUT2D eigenvalue weighted by molar-refractivity contribution is 9.09. The van der Waals surface area contributed by atoms with Crippen molar-refractivity contribution in [2.45, 2.75) is 59.8 Å². The van der Waals surface area contributed by atoms with Gasteiger partial charge in [0.1, 0.15) is 0 Å². The molecule has 0 fully saturated rings. The lowest BCUT2D eigenvalue weighted by Crippen LogP contribution is -2.21. The number of alkyl halides is 1. The van der Waals surface area contributed by atoms with Crippen LogP contribution in [-0.2, 0) is 0 Å². The van der Waals surface area contributed by atoms with E-state index >= 15 is 0 Å². The van der Waals surface area contributed by atoms with Gasteiger partial charge in [0.2, 0.25) is 0 Å². The van der Waals surface area contributed by atoms with Crippen LogP contribution in [0.15, 0.2) is 0 Å². The number of rotatable bonds is 7. The third kappa shape index (κ3) is 5.72. The highest BCUT2D eigenvalue weighted by atomic mass is 79.9. The molecule has 0 aliphatic rings. The van der Waals surface area contributed by atoms with E-state index in [1.165, 1.54) is 32.1 Å². The summed E-state index contributed by atoms with van der Waals surface area (Å²) in [4.78, 5) is 0. The maximum Gasteiger partial charge on any atom is 0.00854 e. The van der Waals surface area contributed by atoms with Crippen molar-refractivity contribution < 1.29 is 0 Å². The Morgan fingerprint density at radius 3 is 2.23 bits per heavy atom. The summed E-state index contributed by atoms with van der Waals surface area (Å²) in [5, 5.41) is 1.15. The van der Waals surface area contributed by atoms with Crippen LogP contribution in [0, 0.1) is 11.3 Å². The molecular weight excluding hydrogens is 224 g/mol. The summed E-state index contributed by atoms with van der Waals surface area (Å²) >= 11 is 3.65. The Labute approximate surface area is 92.6 Å². The Morgan fingerprint density at radius 1 is 1.23 bits per heavy atom. The molecule has 0 N–H and O–H groups in total. The number of hydrogen-bond acceptors (Lipinski definition) is 0. The zero-order valence-corrected chi connectivity index (χ0v) is 11.3. The van der Waals surface area contributed by atoms with E-state index in [-0.39, 0.29) is 0 Å². The van der Waals surface area contributed by atoms with Gasteiger partial charge in [-0.05, 0) is 24.2 Å². The van der Waals surface area contributed by atoms with Crippen molar-refractivity contribution in [3.8, 4) is 0 Å². The lowest BCUT2D eigenvalue weighted by atomic mass is 9.79. The Morgan fingerprint density at radius 2 is 1.85 bits per heavy atom. The van der Waals surface area contributed by atoms with Crippen LogP contribution in [0.5, 0.6) is 0 Å². The molecular formula is C12H25Br. The third-order valence-electron chi connectivity index (χ3n) is 2.80. The van der Waals surface area contributed by atoms with Gasteiger partial charge in [0.05, 0.1) is 0 Å². The molecule has 1 heteroatoms. The van der Waals surface area contributed by atoms with E-state index in [9.17, 15) is 0 Å². The van der Waals surface area contributed by atoms with Gasteiger partial charge in [-0.1, -0.05) is 62.9 Å². The molecule has 0 aromatic carbocycles. The first-order valence-corrected chi connectivity index (χ1v) is 6.76. The Kier molecular flexibility index (Phi) is 7.12. The van der Waals surface area contributed by atoms with Gasteiger partial charge in [-0.2, -0.15) is 0 Å². The van der Waals surface area contributed by atoms with E-state index in [1.54, 1.807) is 0 Å². The van der Waals surface area contributed by atoms with Gasteiger partial charge >= 0.3 is 0 Å². The molecule has 0 nitrogen and oxygen atoms in total. The molecule has 0 aromatic heterocycles. The smallest absolute Gasteiger partial charge is 0.00854 e. The summed E-state index contributed by atoms with van der Waals surface area (Å²) < 4.78 is 0. The lowest BCUT2D eigenvalue weighted by Gasteiger charge is -2.30.